The maximum atomic E-state index is 12.2. The number of carbonyl (C=O) groups is 2. The fraction of sp³-hybridized carbons (Fsp3) is 0.949. The maximum absolute atomic E-state index is 12.2. The highest BCUT2D eigenvalue weighted by Gasteiger charge is 2.25. The fourth-order valence-corrected chi connectivity index (χ4v) is 6.73. The standard InChI is InChI=1S/C39H78NO8P/c1-3-5-6-7-8-9-10-11-12-13-14-15-16-17-18-19-20-21-22-23-24-25-26-27-28-29-30-32-38(41)45-35-37(48-39(42)31-4-2)36-47-49(43,44)46-34-33-40/h37H,3-36,40H2,1-2H3,(H,43,44)/t37-/m1/s1. The fourth-order valence-electron chi connectivity index (χ4n) is 5.97. The number of hydrogen-bond acceptors (Lipinski definition) is 8. The van der Waals surface area contributed by atoms with E-state index < -0.39 is 26.5 Å². The van der Waals surface area contributed by atoms with Gasteiger partial charge in [0.1, 0.15) is 6.61 Å². The molecule has 0 rings (SSSR count). The van der Waals surface area contributed by atoms with Gasteiger partial charge >= 0.3 is 19.8 Å². The average Bonchev–Trinajstić information content (AvgIpc) is 3.08. The molecule has 49 heavy (non-hydrogen) atoms. The van der Waals surface area contributed by atoms with Crippen molar-refractivity contribution in [2.24, 2.45) is 5.73 Å². The number of ether oxygens (including phenoxy) is 2. The molecule has 0 aliphatic rings. The first-order chi connectivity index (χ1) is 23.8. The zero-order valence-corrected chi connectivity index (χ0v) is 32.8. The topological polar surface area (TPSA) is 134 Å². The third-order valence-corrected chi connectivity index (χ3v) is 9.95. The largest absolute Gasteiger partial charge is 0.472 e. The second-order valence-corrected chi connectivity index (χ2v) is 15.3. The summed E-state index contributed by atoms with van der Waals surface area (Å²) in [4.78, 5) is 33.8. The van der Waals surface area contributed by atoms with Gasteiger partial charge in [-0.1, -0.05) is 181 Å². The van der Waals surface area contributed by atoms with E-state index in [2.05, 4.69) is 11.4 Å². The molecule has 292 valence electrons. The van der Waals surface area contributed by atoms with Crippen molar-refractivity contribution < 1.29 is 37.6 Å². The lowest BCUT2D eigenvalue weighted by atomic mass is 10.0. The van der Waals surface area contributed by atoms with E-state index in [9.17, 15) is 19.0 Å². The highest BCUT2D eigenvalue weighted by molar-refractivity contribution is 7.47. The Kier molecular flexibility index (Phi) is 36.0. The normalized spacial score (nSPS) is 13.3. The molecule has 10 heteroatoms. The molecule has 9 nitrogen and oxygen atoms in total. The minimum atomic E-state index is -4.34. The molecule has 0 spiro atoms. The molecule has 0 radical (unpaired) electrons. The van der Waals surface area contributed by atoms with Crippen LogP contribution >= 0.6 is 7.82 Å². The SMILES string of the molecule is CCCCCCCCCCCCCCCCCCCCCCCCCCCCCC(=O)OC[C@H](COP(=O)(O)OCCN)OC(=O)CCC. The summed E-state index contributed by atoms with van der Waals surface area (Å²) in [6, 6.07) is 0. The number of carbonyl (C=O) groups excluding carboxylic acids is 2. The zero-order valence-electron chi connectivity index (χ0n) is 31.9. The summed E-state index contributed by atoms with van der Waals surface area (Å²) in [6.45, 7) is 3.35. The summed E-state index contributed by atoms with van der Waals surface area (Å²) < 4.78 is 32.0. The molecule has 0 aromatic carbocycles. The number of hydrogen-bond donors (Lipinski definition) is 2. The first-order valence-electron chi connectivity index (χ1n) is 20.5. The van der Waals surface area contributed by atoms with Gasteiger partial charge in [0.25, 0.3) is 0 Å². The minimum Gasteiger partial charge on any atom is -0.462 e. The van der Waals surface area contributed by atoms with Gasteiger partial charge in [-0.3, -0.25) is 18.6 Å². The second-order valence-electron chi connectivity index (χ2n) is 13.9. The summed E-state index contributed by atoms with van der Waals surface area (Å²) in [6.07, 6.45) is 36.3. The number of rotatable bonds is 39. The van der Waals surface area contributed by atoms with Crippen LogP contribution in [0.5, 0.6) is 0 Å². The van der Waals surface area contributed by atoms with Gasteiger partial charge in [0.15, 0.2) is 6.10 Å². The van der Waals surface area contributed by atoms with E-state index in [0.29, 0.717) is 6.42 Å². The molecule has 0 amide bonds. The third kappa shape index (κ3) is 36.6. The Morgan fingerprint density at radius 3 is 1.29 bits per heavy atom. The van der Waals surface area contributed by atoms with Crippen molar-refractivity contribution in [3.05, 3.63) is 0 Å². The van der Waals surface area contributed by atoms with E-state index in [1.165, 1.54) is 154 Å². The van der Waals surface area contributed by atoms with E-state index in [4.69, 9.17) is 19.7 Å². The lowest BCUT2D eigenvalue weighted by molar-refractivity contribution is -0.161. The van der Waals surface area contributed by atoms with Gasteiger partial charge in [0.05, 0.1) is 13.2 Å². The van der Waals surface area contributed by atoms with Gasteiger partial charge < -0.3 is 20.1 Å². The summed E-state index contributed by atoms with van der Waals surface area (Å²) in [7, 11) is -4.34. The quantitative estimate of drug-likeness (QED) is 0.0361. The zero-order chi connectivity index (χ0) is 36.1. The maximum Gasteiger partial charge on any atom is 0.472 e. The predicted octanol–water partition coefficient (Wildman–Crippen LogP) is 11.3. The number of esters is 2. The van der Waals surface area contributed by atoms with E-state index >= 15 is 0 Å². The van der Waals surface area contributed by atoms with Crippen molar-refractivity contribution in [2.75, 3.05) is 26.4 Å². The summed E-state index contributed by atoms with van der Waals surface area (Å²) >= 11 is 0. The van der Waals surface area contributed by atoms with Crippen LogP contribution in [0.1, 0.15) is 206 Å². The first-order valence-corrected chi connectivity index (χ1v) is 22.0. The molecule has 0 aromatic heterocycles. The molecule has 0 aromatic rings. The molecule has 0 fully saturated rings. The molecule has 0 aliphatic heterocycles. The number of phosphoric ester groups is 1. The van der Waals surface area contributed by atoms with Crippen molar-refractivity contribution in [1.29, 1.82) is 0 Å². The molecule has 1 unspecified atom stereocenters. The Morgan fingerprint density at radius 1 is 0.531 bits per heavy atom. The first kappa shape index (κ1) is 48.0. The summed E-state index contributed by atoms with van der Waals surface area (Å²) in [5.74, 6) is -0.879. The van der Waals surface area contributed by atoms with Gasteiger partial charge in [0, 0.05) is 19.4 Å². The van der Waals surface area contributed by atoms with Gasteiger partial charge in [0.2, 0.25) is 0 Å². The Bertz CT molecular complexity index is 784. The molecular formula is C39H78NO8P. The Hall–Kier alpha value is -0.990. The monoisotopic (exact) mass is 720 g/mol. The molecule has 0 heterocycles. The van der Waals surface area contributed by atoms with E-state index in [1.807, 2.05) is 6.92 Å². The molecule has 0 saturated carbocycles. The van der Waals surface area contributed by atoms with Crippen LogP contribution in [0.15, 0.2) is 0 Å². The van der Waals surface area contributed by atoms with Crippen LogP contribution in [0.25, 0.3) is 0 Å². The molecule has 0 bridgehead atoms. The van der Waals surface area contributed by atoms with Gasteiger partial charge in [-0.25, -0.2) is 4.57 Å². The highest BCUT2D eigenvalue weighted by atomic mass is 31.2. The van der Waals surface area contributed by atoms with Crippen LogP contribution in [0, 0.1) is 0 Å². The van der Waals surface area contributed by atoms with E-state index in [-0.39, 0.29) is 38.6 Å². The molecule has 0 saturated heterocycles. The lowest BCUT2D eigenvalue weighted by Gasteiger charge is -2.19. The van der Waals surface area contributed by atoms with Crippen LogP contribution in [-0.2, 0) is 32.7 Å². The van der Waals surface area contributed by atoms with Crippen molar-refractivity contribution in [2.45, 2.75) is 213 Å². The van der Waals surface area contributed by atoms with Crippen LogP contribution in [-0.4, -0.2) is 49.3 Å². The molecule has 0 aliphatic carbocycles. The van der Waals surface area contributed by atoms with Crippen molar-refractivity contribution in [1.82, 2.24) is 0 Å². The highest BCUT2D eigenvalue weighted by Crippen LogP contribution is 2.43. The Morgan fingerprint density at radius 2 is 0.918 bits per heavy atom. The van der Waals surface area contributed by atoms with Crippen LogP contribution in [0.2, 0.25) is 0 Å². The minimum absolute atomic E-state index is 0.0557. The molecular weight excluding hydrogens is 641 g/mol. The molecule has 2 atom stereocenters. The van der Waals surface area contributed by atoms with Crippen LogP contribution in [0.3, 0.4) is 0 Å². The van der Waals surface area contributed by atoms with E-state index in [0.717, 1.165) is 19.3 Å². The Balaban J connectivity index is 3.57. The molecule has 3 N–H and O–H groups in total. The lowest BCUT2D eigenvalue weighted by Crippen LogP contribution is -2.29. The van der Waals surface area contributed by atoms with Crippen LogP contribution in [0.4, 0.5) is 0 Å². The number of unbranched alkanes of at least 4 members (excludes halogenated alkanes) is 26. The van der Waals surface area contributed by atoms with Gasteiger partial charge in [-0.15, -0.1) is 0 Å². The average molecular weight is 720 g/mol. The van der Waals surface area contributed by atoms with E-state index in [1.54, 1.807) is 0 Å². The Labute approximate surface area is 301 Å². The third-order valence-electron chi connectivity index (χ3n) is 8.96. The van der Waals surface area contributed by atoms with Crippen molar-refractivity contribution in [3.8, 4) is 0 Å². The van der Waals surface area contributed by atoms with Gasteiger partial charge in [-0.05, 0) is 12.8 Å². The van der Waals surface area contributed by atoms with Crippen molar-refractivity contribution in [3.63, 3.8) is 0 Å². The smallest absolute Gasteiger partial charge is 0.462 e. The summed E-state index contributed by atoms with van der Waals surface area (Å²) in [5, 5.41) is 0. The predicted molar refractivity (Wildman–Crippen MR) is 201 cm³/mol. The number of phosphoric acid groups is 1. The second kappa shape index (κ2) is 36.8. The summed E-state index contributed by atoms with van der Waals surface area (Å²) in [5.41, 5.74) is 5.27. The number of nitrogens with two attached hydrogens (primary N) is 1. The van der Waals surface area contributed by atoms with Crippen LogP contribution < -0.4 is 5.73 Å². The van der Waals surface area contributed by atoms with Crippen molar-refractivity contribution >= 4 is 19.8 Å². The van der Waals surface area contributed by atoms with Gasteiger partial charge in [-0.2, -0.15) is 0 Å².